The molecule has 7 heteroatoms. The fourth-order valence-corrected chi connectivity index (χ4v) is 4.53. The molecule has 2 heterocycles. The smallest absolute Gasteiger partial charge is 0.181 e. The molecule has 0 amide bonds. The van der Waals surface area contributed by atoms with Crippen LogP contribution < -0.4 is 0 Å². The first kappa shape index (κ1) is 21.2. The maximum atomic E-state index is 9.60. The standard InChI is InChI=1S/C17H22N2O3S2.C2H6/c1-9(2)21-17(22-10(3)4)13-8-23-15(19-13)16-18-12-6-5-11(20)7-14(12)24-16;1-2/h5-7,9-10,13,17,20H,8H2,1-4H3;1-2H3. The topological polar surface area (TPSA) is 63.9 Å². The summed E-state index contributed by atoms with van der Waals surface area (Å²) < 4.78 is 12.8. The number of phenols is 1. The molecule has 1 aromatic heterocycles. The molecule has 0 saturated heterocycles. The highest BCUT2D eigenvalue weighted by Crippen LogP contribution is 2.32. The lowest BCUT2D eigenvalue weighted by molar-refractivity contribution is -0.187. The van der Waals surface area contributed by atoms with E-state index < -0.39 is 0 Å². The molecule has 0 aliphatic carbocycles. The minimum Gasteiger partial charge on any atom is -0.508 e. The van der Waals surface area contributed by atoms with Crippen LogP contribution in [0.1, 0.15) is 46.6 Å². The second-order valence-electron chi connectivity index (χ2n) is 6.22. The average Bonchev–Trinajstić information content (AvgIpc) is 3.21. The lowest BCUT2D eigenvalue weighted by Crippen LogP contribution is -2.35. The number of hydrogen-bond donors (Lipinski definition) is 1. The van der Waals surface area contributed by atoms with Gasteiger partial charge in [-0.15, -0.1) is 23.1 Å². The van der Waals surface area contributed by atoms with Crippen LogP contribution in [0.4, 0.5) is 0 Å². The highest BCUT2D eigenvalue weighted by molar-refractivity contribution is 8.15. The van der Waals surface area contributed by atoms with E-state index in [4.69, 9.17) is 14.5 Å². The molecule has 0 bridgehead atoms. The zero-order valence-corrected chi connectivity index (χ0v) is 17.9. The number of benzene rings is 1. The van der Waals surface area contributed by atoms with Crippen molar-refractivity contribution in [3.63, 3.8) is 0 Å². The number of aromatic nitrogens is 1. The fraction of sp³-hybridized carbons (Fsp3) is 0.579. The molecule has 5 nitrogen and oxygen atoms in total. The summed E-state index contributed by atoms with van der Waals surface area (Å²) in [7, 11) is 0. The van der Waals surface area contributed by atoms with E-state index in [0.717, 1.165) is 26.0 Å². The van der Waals surface area contributed by atoms with Gasteiger partial charge in [0.25, 0.3) is 0 Å². The summed E-state index contributed by atoms with van der Waals surface area (Å²) in [5.41, 5.74) is 0.882. The molecule has 3 rings (SSSR count). The summed E-state index contributed by atoms with van der Waals surface area (Å²) in [6.07, 6.45) is -0.166. The lowest BCUT2D eigenvalue weighted by Gasteiger charge is -2.25. The number of ether oxygens (including phenoxy) is 2. The maximum absolute atomic E-state index is 9.60. The van der Waals surface area contributed by atoms with Crippen LogP contribution in [0.15, 0.2) is 23.2 Å². The normalized spacial score (nSPS) is 17.1. The van der Waals surface area contributed by atoms with Crippen molar-refractivity contribution >= 4 is 38.4 Å². The molecular formula is C19H28N2O3S2. The van der Waals surface area contributed by atoms with Gasteiger partial charge in [-0.05, 0) is 45.9 Å². The van der Waals surface area contributed by atoms with Crippen molar-refractivity contribution in [1.29, 1.82) is 0 Å². The first-order valence-corrected chi connectivity index (χ1v) is 10.8. The molecule has 1 aliphatic heterocycles. The SMILES string of the molecule is CC.CC(C)OC(OC(C)C)C1CSC(c2nc3ccc(O)cc3s2)=N1. The Morgan fingerprint density at radius 1 is 1.12 bits per heavy atom. The molecule has 26 heavy (non-hydrogen) atoms. The molecule has 0 saturated carbocycles. The van der Waals surface area contributed by atoms with Gasteiger partial charge in [0.2, 0.25) is 0 Å². The Balaban J connectivity index is 0.00000117. The number of rotatable bonds is 6. The Labute approximate surface area is 163 Å². The van der Waals surface area contributed by atoms with Gasteiger partial charge in [-0.3, -0.25) is 4.99 Å². The number of nitrogens with zero attached hydrogens (tertiary/aromatic N) is 2. The largest absolute Gasteiger partial charge is 0.508 e. The number of thiazole rings is 1. The third-order valence-electron chi connectivity index (χ3n) is 3.36. The number of phenolic OH excluding ortho intramolecular Hbond substituents is 1. The zero-order valence-electron chi connectivity index (χ0n) is 16.2. The Hall–Kier alpha value is -1.15. The molecule has 1 unspecified atom stereocenters. The number of aliphatic imine (C=N–C) groups is 1. The van der Waals surface area contributed by atoms with Gasteiger partial charge in [-0.25, -0.2) is 4.98 Å². The molecule has 1 aromatic carbocycles. The van der Waals surface area contributed by atoms with Gasteiger partial charge in [0, 0.05) is 5.75 Å². The van der Waals surface area contributed by atoms with Crippen LogP contribution in [0.2, 0.25) is 0 Å². The van der Waals surface area contributed by atoms with Gasteiger partial charge in [0.15, 0.2) is 6.29 Å². The van der Waals surface area contributed by atoms with E-state index in [1.165, 1.54) is 0 Å². The quantitative estimate of drug-likeness (QED) is 0.691. The summed E-state index contributed by atoms with van der Waals surface area (Å²) in [6, 6.07) is 5.19. The molecule has 0 radical (unpaired) electrons. The summed E-state index contributed by atoms with van der Waals surface area (Å²) in [6.45, 7) is 12.0. The van der Waals surface area contributed by atoms with E-state index in [0.29, 0.717) is 0 Å². The van der Waals surface area contributed by atoms with Crippen LogP contribution in [-0.4, -0.2) is 45.4 Å². The van der Waals surface area contributed by atoms with Crippen molar-refractivity contribution in [3.05, 3.63) is 23.2 Å². The fourth-order valence-electron chi connectivity index (χ4n) is 2.40. The third-order valence-corrected chi connectivity index (χ3v) is 5.59. The van der Waals surface area contributed by atoms with Crippen molar-refractivity contribution in [2.75, 3.05) is 5.75 Å². The van der Waals surface area contributed by atoms with Crippen LogP contribution >= 0.6 is 23.1 Å². The first-order valence-electron chi connectivity index (χ1n) is 9.04. The van der Waals surface area contributed by atoms with Gasteiger partial charge in [-0.2, -0.15) is 0 Å². The highest BCUT2D eigenvalue weighted by atomic mass is 32.2. The highest BCUT2D eigenvalue weighted by Gasteiger charge is 2.31. The van der Waals surface area contributed by atoms with Gasteiger partial charge < -0.3 is 14.6 Å². The van der Waals surface area contributed by atoms with Crippen molar-refractivity contribution < 1.29 is 14.6 Å². The van der Waals surface area contributed by atoms with Gasteiger partial charge in [0.05, 0.1) is 22.4 Å². The Kier molecular flexibility index (Phi) is 7.88. The van der Waals surface area contributed by atoms with Crippen molar-refractivity contribution in [2.24, 2.45) is 4.99 Å². The van der Waals surface area contributed by atoms with Crippen LogP contribution in [-0.2, 0) is 9.47 Å². The van der Waals surface area contributed by atoms with E-state index in [-0.39, 0.29) is 30.3 Å². The number of aromatic hydroxyl groups is 1. The third kappa shape index (κ3) is 5.42. The Morgan fingerprint density at radius 2 is 1.77 bits per heavy atom. The Bertz CT molecular complexity index is 733. The first-order chi connectivity index (χ1) is 12.4. The maximum Gasteiger partial charge on any atom is 0.181 e. The van der Waals surface area contributed by atoms with Gasteiger partial charge in [-0.1, -0.05) is 13.8 Å². The number of thioether (sulfide) groups is 1. The van der Waals surface area contributed by atoms with Gasteiger partial charge in [0.1, 0.15) is 21.8 Å². The van der Waals surface area contributed by atoms with Crippen molar-refractivity contribution in [3.8, 4) is 5.75 Å². The molecule has 0 fully saturated rings. The second-order valence-corrected chi connectivity index (χ2v) is 8.26. The van der Waals surface area contributed by atoms with Crippen LogP contribution in [0.5, 0.6) is 5.75 Å². The summed E-state index contributed by atoms with van der Waals surface area (Å²) in [5.74, 6) is 1.08. The molecule has 2 aromatic rings. The minimum absolute atomic E-state index is 0.0322. The summed E-state index contributed by atoms with van der Waals surface area (Å²) >= 11 is 3.23. The van der Waals surface area contributed by atoms with Crippen molar-refractivity contribution in [2.45, 2.75) is 66.1 Å². The van der Waals surface area contributed by atoms with E-state index >= 15 is 0 Å². The summed E-state index contributed by atoms with van der Waals surface area (Å²) in [4.78, 5) is 9.42. The van der Waals surface area contributed by atoms with Crippen molar-refractivity contribution in [1.82, 2.24) is 4.98 Å². The van der Waals surface area contributed by atoms with Gasteiger partial charge >= 0.3 is 0 Å². The molecule has 1 atom stereocenters. The summed E-state index contributed by atoms with van der Waals surface area (Å²) in [5, 5.41) is 11.4. The molecular weight excluding hydrogens is 368 g/mol. The van der Waals surface area contributed by atoms with E-state index in [2.05, 4.69) is 4.98 Å². The van der Waals surface area contributed by atoms with Crippen LogP contribution in [0.3, 0.4) is 0 Å². The lowest BCUT2D eigenvalue weighted by atomic mass is 10.3. The second kappa shape index (κ2) is 9.69. The zero-order chi connectivity index (χ0) is 19.3. The van der Waals surface area contributed by atoms with Crippen LogP contribution in [0.25, 0.3) is 10.2 Å². The molecule has 144 valence electrons. The van der Waals surface area contributed by atoms with E-state index in [1.54, 1.807) is 35.2 Å². The molecule has 1 N–H and O–H groups in total. The van der Waals surface area contributed by atoms with E-state index in [1.807, 2.05) is 47.6 Å². The predicted octanol–water partition coefficient (Wildman–Crippen LogP) is 5.07. The number of hydrogen-bond acceptors (Lipinski definition) is 7. The Morgan fingerprint density at radius 3 is 2.38 bits per heavy atom. The predicted molar refractivity (Wildman–Crippen MR) is 112 cm³/mol. The monoisotopic (exact) mass is 396 g/mol. The van der Waals surface area contributed by atoms with Crippen LogP contribution in [0, 0.1) is 0 Å². The average molecular weight is 397 g/mol. The number of fused-ring (bicyclic) bond motifs is 1. The molecule has 1 aliphatic rings. The van der Waals surface area contributed by atoms with E-state index in [9.17, 15) is 5.11 Å². The molecule has 0 spiro atoms. The minimum atomic E-state index is -0.339.